The number of anilines is 2. The first-order chi connectivity index (χ1) is 9.82. The van der Waals surface area contributed by atoms with Gasteiger partial charge in [-0.05, 0) is 37.1 Å². The number of hydrogen-bond acceptors (Lipinski definition) is 2. The number of nitrogens with one attached hydrogen (secondary N) is 2. The lowest BCUT2D eigenvalue weighted by atomic mass is 9.95. The van der Waals surface area contributed by atoms with Gasteiger partial charge in [-0.1, -0.05) is 20.8 Å². The molecule has 21 heavy (non-hydrogen) atoms. The molecule has 2 N–H and O–H groups in total. The Labute approximate surface area is 131 Å². The third-order valence-corrected chi connectivity index (χ3v) is 3.16. The molecule has 0 saturated carbocycles. The van der Waals surface area contributed by atoms with Gasteiger partial charge in [-0.15, -0.1) is 11.6 Å². The van der Waals surface area contributed by atoms with Crippen LogP contribution in [0.25, 0.3) is 0 Å². The zero-order chi connectivity index (χ0) is 15.9. The Morgan fingerprint density at radius 1 is 1.00 bits per heavy atom. The van der Waals surface area contributed by atoms with Gasteiger partial charge in [0.25, 0.3) is 0 Å². The average Bonchev–Trinajstić information content (AvgIpc) is 2.40. The lowest BCUT2D eigenvalue weighted by Gasteiger charge is -2.17. The topological polar surface area (TPSA) is 58.2 Å². The molecule has 0 aliphatic carbocycles. The van der Waals surface area contributed by atoms with Gasteiger partial charge in [-0.3, -0.25) is 9.59 Å². The lowest BCUT2D eigenvalue weighted by molar-refractivity contribution is -0.123. The number of benzene rings is 1. The minimum Gasteiger partial charge on any atom is -0.326 e. The van der Waals surface area contributed by atoms with E-state index in [9.17, 15) is 9.59 Å². The van der Waals surface area contributed by atoms with Crippen LogP contribution in [-0.2, 0) is 9.59 Å². The van der Waals surface area contributed by atoms with E-state index >= 15 is 0 Å². The Bertz CT molecular complexity index is 478. The van der Waals surface area contributed by atoms with Crippen molar-refractivity contribution in [3.8, 4) is 0 Å². The number of carbonyl (C=O) groups excluding carboxylic acids is 2. The van der Waals surface area contributed by atoms with Crippen LogP contribution < -0.4 is 10.6 Å². The summed E-state index contributed by atoms with van der Waals surface area (Å²) in [5.41, 5.74) is 1.00. The van der Waals surface area contributed by atoms with Gasteiger partial charge < -0.3 is 10.6 Å². The summed E-state index contributed by atoms with van der Waals surface area (Å²) in [6.07, 6.45) is 2.09. The summed E-state index contributed by atoms with van der Waals surface area (Å²) in [5.74, 6) is 0.516. The normalized spacial score (nSPS) is 11.0. The molecule has 0 atom stereocenters. The number of hydrogen-bond donors (Lipinski definition) is 2. The first-order valence-electron chi connectivity index (χ1n) is 7.10. The molecule has 0 aliphatic heterocycles. The summed E-state index contributed by atoms with van der Waals surface area (Å²) >= 11 is 5.57. The van der Waals surface area contributed by atoms with Crippen LogP contribution in [-0.4, -0.2) is 17.7 Å². The minimum atomic E-state index is -0.435. The summed E-state index contributed by atoms with van der Waals surface area (Å²) in [6.45, 7) is 5.58. The number of rotatable bonds is 6. The standard InChI is InChI=1S/C16H23ClN2O2/c1-16(2,3)15(21)19-13-9-7-12(8-10-13)18-14(20)6-4-5-11-17/h7-10H,4-6,11H2,1-3H3,(H,18,20)(H,19,21). The molecule has 0 bridgehead atoms. The Kier molecular flexibility index (Phi) is 6.69. The third kappa shape index (κ3) is 6.63. The SMILES string of the molecule is CC(C)(C)C(=O)Nc1ccc(NC(=O)CCCCCl)cc1. The lowest BCUT2D eigenvalue weighted by Crippen LogP contribution is -2.27. The minimum absolute atomic E-state index is 0.0217. The summed E-state index contributed by atoms with van der Waals surface area (Å²) in [4.78, 5) is 23.5. The quantitative estimate of drug-likeness (QED) is 0.616. The smallest absolute Gasteiger partial charge is 0.229 e. The highest BCUT2D eigenvalue weighted by molar-refractivity contribution is 6.17. The molecule has 0 radical (unpaired) electrons. The van der Waals surface area contributed by atoms with Gasteiger partial charge in [0, 0.05) is 29.1 Å². The van der Waals surface area contributed by atoms with Crippen LogP contribution in [0.1, 0.15) is 40.0 Å². The number of amides is 2. The van der Waals surface area contributed by atoms with E-state index in [1.165, 1.54) is 0 Å². The van der Waals surface area contributed by atoms with Gasteiger partial charge in [-0.2, -0.15) is 0 Å². The van der Waals surface area contributed by atoms with Crippen molar-refractivity contribution < 1.29 is 9.59 Å². The van der Waals surface area contributed by atoms with Crippen LogP contribution >= 0.6 is 11.6 Å². The van der Waals surface area contributed by atoms with Gasteiger partial charge in [0.1, 0.15) is 0 Å². The Balaban J connectivity index is 2.50. The van der Waals surface area contributed by atoms with Crippen molar-refractivity contribution >= 4 is 34.8 Å². The summed E-state index contributed by atoms with van der Waals surface area (Å²) in [6, 6.07) is 7.10. The zero-order valence-corrected chi connectivity index (χ0v) is 13.6. The first-order valence-corrected chi connectivity index (χ1v) is 7.63. The Morgan fingerprint density at radius 3 is 2.00 bits per heavy atom. The van der Waals surface area contributed by atoms with E-state index in [4.69, 9.17) is 11.6 Å². The molecule has 0 aliphatic rings. The highest BCUT2D eigenvalue weighted by Gasteiger charge is 2.20. The van der Waals surface area contributed by atoms with E-state index in [0.29, 0.717) is 12.3 Å². The van der Waals surface area contributed by atoms with Gasteiger partial charge in [0.15, 0.2) is 0 Å². The molecule has 0 aromatic heterocycles. The molecule has 0 saturated heterocycles. The highest BCUT2D eigenvalue weighted by atomic mass is 35.5. The zero-order valence-electron chi connectivity index (χ0n) is 12.8. The molecule has 0 fully saturated rings. The van der Waals surface area contributed by atoms with Crippen molar-refractivity contribution in [3.63, 3.8) is 0 Å². The number of halogens is 1. The molecule has 0 unspecified atom stereocenters. The van der Waals surface area contributed by atoms with Crippen molar-refractivity contribution in [2.24, 2.45) is 5.41 Å². The first kappa shape index (κ1) is 17.5. The fraction of sp³-hybridized carbons (Fsp3) is 0.500. The van der Waals surface area contributed by atoms with Crippen molar-refractivity contribution in [2.75, 3.05) is 16.5 Å². The fourth-order valence-corrected chi connectivity index (χ4v) is 1.75. The fourth-order valence-electron chi connectivity index (χ4n) is 1.56. The number of carbonyl (C=O) groups is 2. The second-order valence-corrected chi connectivity index (χ2v) is 6.35. The van der Waals surface area contributed by atoms with Gasteiger partial charge in [-0.25, -0.2) is 0 Å². The molecule has 5 heteroatoms. The Morgan fingerprint density at radius 2 is 1.52 bits per heavy atom. The molecular formula is C16H23ClN2O2. The van der Waals surface area contributed by atoms with Crippen molar-refractivity contribution in [1.29, 1.82) is 0 Å². The summed E-state index contributed by atoms with van der Waals surface area (Å²) in [7, 11) is 0. The molecule has 1 aromatic carbocycles. The molecule has 1 aromatic rings. The monoisotopic (exact) mass is 310 g/mol. The maximum atomic E-state index is 11.9. The largest absolute Gasteiger partial charge is 0.326 e. The summed E-state index contributed by atoms with van der Waals surface area (Å²) in [5, 5.41) is 5.65. The van der Waals surface area contributed by atoms with E-state index in [0.717, 1.165) is 24.2 Å². The molecule has 116 valence electrons. The summed E-state index contributed by atoms with van der Waals surface area (Å²) < 4.78 is 0. The van der Waals surface area contributed by atoms with E-state index in [1.54, 1.807) is 24.3 Å². The van der Waals surface area contributed by atoms with Crippen LogP contribution in [0.15, 0.2) is 24.3 Å². The second-order valence-electron chi connectivity index (χ2n) is 5.98. The highest BCUT2D eigenvalue weighted by Crippen LogP contribution is 2.19. The molecule has 1 rings (SSSR count). The second kappa shape index (κ2) is 8.03. The number of unbranched alkanes of at least 4 members (excludes halogenated alkanes) is 1. The predicted octanol–water partition coefficient (Wildman–Crippen LogP) is 4.02. The van der Waals surface area contributed by atoms with Crippen LogP contribution in [0.3, 0.4) is 0 Å². The van der Waals surface area contributed by atoms with E-state index in [2.05, 4.69) is 10.6 Å². The molecular weight excluding hydrogens is 288 g/mol. The van der Waals surface area contributed by atoms with Crippen LogP contribution in [0.2, 0.25) is 0 Å². The molecule has 4 nitrogen and oxygen atoms in total. The van der Waals surface area contributed by atoms with Crippen LogP contribution in [0.5, 0.6) is 0 Å². The van der Waals surface area contributed by atoms with Crippen molar-refractivity contribution in [1.82, 2.24) is 0 Å². The van der Waals surface area contributed by atoms with Gasteiger partial charge in [0.05, 0.1) is 0 Å². The maximum absolute atomic E-state index is 11.9. The van der Waals surface area contributed by atoms with Crippen molar-refractivity contribution in [2.45, 2.75) is 40.0 Å². The van der Waals surface area contributed by atoms with Crippen LogP contribution in [0.4, 0.5) is 11.4 Å². The van der Waals surface area contributed by atoms with E-state index in [1.807, 2.05) is 20.8 Å². The van der Waals surface area contributed by atoms with E-state index < -0.39 is 5.41 Å². The van der Waals surface area contributed by atoms with Gasteiger partial charge >= 0.3 is 0 Å². The van der Waals surface area contributed by atoms with Crippen LogP contribution in [0, 0.1) is 5.41 Å². The predicted molar refractivity (Wildman–Crippen MR) is 87.7 cm³/mol. The maximum Gasteiger partial charge on any atom is 0.229 e. The molecule has 0 heterocycles. The average molecular weight is 311 g/mol. The molecule has 2 amide bonds. The van der Waals surface area contributed by atoms with Gasteiger partial charge in [0.2, 0.25) is 11.8 Å². The number of alkyl halides is 1. The van der Waals surface area contributed by atoms with Crippen molar-refractivity contribution in [3.05, 3.63) is 24.3 Å². The Hall–Kier alpha value is -1.55. The van der Waals surface area contributed by atoms with E-state index in [-0.39, 0.29) is 11.8 Å². The molecule has 0 spiro atoms. The third-order valence-electron chi connectivity index (χ3n) is 2.90.